The first-order valence-corrected chi connectivity index (χ1v) is 7.24. The lowest BCUT2D eigenvalue weighted by molar-refractivity contribution is -0.136. The maximum absolute atomic E-state index is 12.3. The lowest BCUT2D eigenvalue weighted by Gasteiger charge is -2.29. The van der Waals surface area contributed by atoms with Crippen LogP contribution in [0.2, 0.25) is 4.34 Å². The molecule has 0 aromatic carbocycles. The lowest BCUT2D eigenvalue weighted by Crippen LogP contribution is -2.52. The summed E-state index contributed by atoms with van der Waals surface area (Å²) in [6.07, 6.45) is 0. The van der Waals surface area contributed by atoms with E-state index in [1.165, 1.54) is 11.3 Å². The molecule has 7 heteroatoms. The second-order valence-corrected chi connectivity index (χ2v) is 5.94. The van der Waals surface area contributed by atoms with Crippen LogP contribution < -0.4 is 5.32 Å². The lowest BCUT2D eigenvalue weighted by atomic mass is 10.2. The molecule has 2 heterocycles. The third-order valence-corrected chi connectivity index (χ3v) is 4.10. The van der Waals surface area contributed by atoms with Crippen molar-refractivity contribution in [2.75, 3.05) is 26.3 Å². The zero-order chi connectivity index (χ0) is 13.0. The number of thiophene rings is 1. The Labute approximate surface area is 128 Å². The summed E-state index contributed by atoms with van der Waals surface area (Å²) in [6.45, 7) is 5.16. The van der Waals surface area contributed by atoms with Crippen LogP contribution in [0, 0.1) is 0 Å². The molecule has 1 aromatic heterocycles. The molecule has 4 nitrogen and oxygen atoms in total. The Bertz CT molecular complexity index is 408. The van der Waals surface area contributed by atoms with E-state index < -0.39 is 0 Å². The summed E-state index contributed by atoms with van der Waals surface area (Å²) in [5.41, 5.74) is 0. The number of ether oxygens (including phenoxy) is 1. The standard InChI is InChI=1S/C12H17ClN2O2S.ClH/c1-2-15(7-9-3-4-11(13)18-9)12(16)10-8-17-6-5-14-10;/h3-4,10,14H,2,5-8H2,1H3;1H. The molecule has 19 heavy (non-hydrogen) atoms. The van der Waals surface area contributed by atoms with Crippen molar-refractivity contribution in [1.82, 2.24) is 10.2 Å². The third kappa shape index (κ3) is 4.61. The van der Waals surface area contributed by atoms with E-state index in [0.29, 0.717) is 26.3 Å². The van der Waals surface area contributed by atoms with Crippen molar-refractivity contribution in [3.05, 3.63) is 21.3 Å². The van der Waals surface area contributed by atoms with E-state index in [2.05, 4.69) is 5.32 Å². The number of likely N-dealkylation sites (N-methyl/N-ethyl adjacent to an activating group) is 1. The number of hydrogen-bond acceptors (Lipinski definition) is 4. The molecule has 2 rings (SSSR count). The number of rotatable bonds is 4. The van der Waals surface area contributed by atoms with Gasteiger partial charge in [0.25, 0.3) is 0 Å². The first-order valence-electron chi connectivity index (χ1n) is 6.05. The van der Waals surface area contributed by atoms with Crippen molar-refractivity contribution in [2.24, 2.45) is 0 Å². The summed E-state index contributed by atoms with van der Waals surface area (Å²) in [5, 5.41) is 3.19. The van der Waals surface area contributed by atoms with Crippen LogP contribution in [0.5, 0.6) is 0 Å². The Morgan fingerprint density at radius 3 is 2.95 bits per heavy atom. The quantitative estimate of drug-likeness (QED) is 0.922. The van der Waals surface area contributed by atoms with E-state index in [9.17, 15) is 4.79 Å². The summed E-state index contributed by atoms with van der Waals surface area (Å²) in [7, 11) is 0. The number of halogens is 2. The maximum Gasteiger partial charge on any atom is 0.242 e. The van der Waals surface area contributed by atoms with Crippen LogP contribution in [-0.4, -0.2) is 43.2 Å². The number of hydrogen-bond donors (Lipinski definition) is 1. The highest BCUT2D eigenvalue weighted by Crippen LogP contribution is 2.22. The molecular formula is C12H18Cl2N2O2S. The molecule has 1 aliphatic heterocycles. The number of carbonyl (C=O) groups excluding carboxylic acids is 1. The van der Waals surface area contributed by atoms with Gasteiger partial charge in [0.1, 0.15) is 6.04 Å². The van der Waals surface area contributed by atoms with Crippen molar-refractivity contribution in [2.45, 2.75) is 19.5 Å². The molecule has 1 amide bonds. The topological polar surface area (TPSA) is 41.6 Å². The molecule has 1 N–H and O–H groups in total. The minimum Gasteiger partial charge on any atom is -0.378 e. The van der Waals surface area contributed by atoms with E-state index in [-0.39, 0.29) is 24.4 Å². The zero-order valence-corrected chi connectivity index (χ0v) is 13.1. The van der Waals surface area contributed by atoms with E-state index >= 15 is 0 Å². The van der Waals surface area contributed by atoms with Gasteiger partial charge in [-0.3, -0.25) is 4.79 Å². The molecular weight excluding hydrogens is 307 g/mol. The van der Waals surface area contributed by atoms with E-state index in [4.69, 9.17) is 16.3 Å². The molecule has 1 atom stereocenters. The molecule has 1 saturated heterocycles. The van der Waals surface area contributed by atoms with Crippen molar-refractivity contribution < 1.29 is 9.53 Å². The first kappa shape index (κ1) is 16.7. The van der Waals surface area contributed by atoms with Gasteiger partial charge in [-0.25, -0.2) is 0 Å². The largest absolute Gasteiger partial charge is 0.378 e. The van der Waals surface area contributed by atoms with Crippen LogP contribution in [0.15, 0.2) is 12.1 Å². The van der Waals surface area contributed by atoms with E-state index in [1.54, 1.807) is 0 Å². The number of amides is 1. The van der Waals surface area contributed by atoms with Gasteiger partial charge in [-0.1, -0.05) is 11.6 Å². The average Bonchev–Trinajstić information content (AvgIpc) is 2.82. The Balaban J connectivity index is 0.00000180. The molecule has 0 saturated carbocycles. The molecule has 1 aromatic rings. The summed E-state index contributed by atoms with van der Waals surface area (Å²) in [5.74, 6) is 0.0988. The summed E-state index contributed by atoms with van der Waals surface area (Å²) < 4.78 is 6.08. The predicted molar refractivity (Wildman–Crippen MR) is 80.3 cm³/mol. The highest BCUT2D eigenvalue weighted by molar-refractivity contribution is 7.16. The van der Waals surface area contributed by atoms with Gasteiger partial charge in [0.15, 0.2) is 0 Å². The van der Waals surface area contributed by atoms with Gasteiger partial charge in [0.2, 0.25) is 5.91 Å². The molecule has 0 radical (unpaired) electrons. The molecule has 0 spiro atoms. The third-order valence-electron chi connectivity index (χ3n) is 2.89. The minimum absolute atomic E-state index is 0. The molecule has 1 unspecified atom stereocenters. The first-order chi connectivity index (χ1) is 8.70. The predicted octanol–water partition coefficient (Wildman–Crippen LogP) is 2.16. The van der Waals surface area contributed by atoms with Crippen LogP contribution in [-0.2, 0) is 16.1 Å². The number of morpholine rings is 1. The zero-order valence-electron chi connectivity index (χ0n) is 10.7. The van der Waals surface area contributed by atoms with E-state index in [1.807, 2.05) is 24.0 Å². The summed E-state index contributed by atoms with van der Waals surface area (Å²) in [4.78, 5) is 15.2. The Morgan fingerprint density at radius 1 is 1.63 bits per heavy atom. The average molecular weight is 325 g/mol. The fourth-order valence-corrected chi connectivity index (χ4v) is 3.02. The van der Waals surface area contributed by atoms with Crippen LogP contribution in [0.25, 0.3) is 0 Å². The summed E-state index contributed by atoms with van der Waals surface area (Å²) >= 11 is 7.41. The van der Waals surface area contributed by atoms with Gasteiger partial charge in [0.05, 0.1) is 24.1 Å². The molecule has 108 valence electrons. The Kier molecular flexibility index (Phi) is 7.10. The number of carbonyl (C=O) groups is 1. The van der Waals surface area contributed by atoms with Crippen molar-refractivity contribution in [3.63, 3.8) is 0 Å². The molecule has 0 bridgehead atoms. The highest BCUT2D eigenvalue weighted by atomic mass is 35.5. The number of nitrogens with one attached hydrogen (secondary N) is 1. The fraction of sp³-hybridized carbons (Fsp3) is 0.583. The smallest absolute Gasteiger partial charge is 0.242 e. The van der Waals surface area contributed by atoms with Gasteiger partial charge in [0, 0.05) is 18.0 Å². The van der Waals surface area contributed by atoms with Crippen molar-refractivity contribution in [3.8, 4) is 0 Å². The molecule has 1 aliphatic rings. The highest BCUT2D eigenvalue weighted by Gasteiger charge is 2.25. The van der Waals surface area contributed by atoms with Crippen LogP contribution >= 0.6 is 35.3 Å². The van der Waals surface area contributed by atoms with Gasteiger partial charge < -0.3 is 15.0 Å². The molecule has 1 fully saturated rings. The second-order valence-electron chi connectivity index (χ2n) is 4.14. The SMILES string of the molecule is CCN(Cc1ccc(Cl)s1)C(=O)C1COCCN1.Cl. The van der Waals surface area contributed by atoms with Gasteiger partial charge in [-0.05, 0) is 19.1 Å². The fourth-order valence-electron chi connectivity index (χ4n) is 1.91. The normalized spacial score (nSPS) is 18.7. The summed E-state index contributed by atoms with van der Waals surface area (Å²) in [6, 6.07) is 3.62. The van der Waals surface area contributed by atoms with E-state index in [0.717, 1.165) is 15.8 Å². The molecule has 0 aliphatic carbocycles. The number of nitrogens with zero attached hydrogens (tertiary/aromatic N) is 1. The van der Waals surface area contributed by atoms with Crippen LogP contribution in [0.4, 0.5) is 0 Å². The maximum atomic E-state index is 12.3. The Morgan fingerprint density at radius 2 is 2.42 bits per heavy atom. The van der Waals surface area contributed by atoms with Gasteiger partial charge >= 0.3 is 0 Å². The van der Waals surface area contributed by atoms with Gasteiger partial charge in [-0.15, -0.1) is 23.7 Å². The monoisotopic (exact) mass is 324 g/mol. The Hall–Kier alpha value is -0.330. The van der Waals surface area contributed by atoms with Crippen molar-refractivity contribution >= 4 is 41.3 Å². The minimum atomic E-state index is -0.214. The van der Waals surface area contributed by atoms with Crippen LogP contribution in [0.3, 0.4) is 0 Å². The second kappa shape index (κ2) is 8.07. The van der Waals surface area contributed by atoms with Crippen LogP contribution in [0.1, 0.15) is 11.8 Å². The van der Waals surface area contributed by atoms with Gasteiger partial charge in [-0.2, -0.15) is 0 Å². The van der Waals surface area contributed by atoms with Crippen molar-refractivity contribution in [1.29, 1.82) is 0 Å².